The standard InChI is InChI=1S/C18H29N3O3S/c1-14(2)15-4-6-17(7-5-15)25(23,24)21-12-8-16(9-13-21)18(22)20-11-3-10-19/h4-7,14,16H,3,8-13,19H2,1-2H3,(H,20,22). The predicted molar refractivity (Wildman–Crippen MR) is 98.7 cm³/mol. The fourth-order valence-electron chi connectivity index (χ4n) is 2.99. The first-order chi connectivity index (χ1) is 11.9. The molecule has 1 saturated heterocycles. The lowest BCUT2D eigenvalue weighted by Crippen LogP contribution is -2.43. The average Bonchev–Trinajstić information content (AvgIpc) is 2.62. The molecular weight excluding hydrogens is 338 g/mol. The van der Waals surface area contributed by atoms with Crippen LogP contribution in [0.25, 0.3) is 0 Å². The smallest absolute Gasteiger partial charge is 0.243 e. The van der Waals surface area contributed by atoms with E-state index in [-0.39, 0.29) is 11.8 Å². The van der Waals surface area contributed by atoms with E-state index < -0.39 is 10.0 Å². The van der Waals surface area contributed by atoms with Gasteiger partial charge in [-0.2, -0.15) is 4.31 Å². The second-order valence-electron chi connectivity index (χ2n) is 6.84. The molecule has 3 N–H and O–H groups in total. The van der Waals surface area contributed by atoms with Crippen molar-refractivity contribution in [3.05, 3.63) is 29.8 Å². The molecule has 0 aliphatic carbocycles. The maximum atomic E-state index is 12.8. The SMILES string of the molecule is CC(C)c1ccc(S(=O)(=O)N2CCC(C(=O)NCCCN)CC2)cc1. The highest BCUT2D eigenvalue weighted by Crippen LogP contribution is 2.25. The lowest BCUT2D eigenvalue weighted by Gasteiger charge is -2.30. The van der Waals surface area contributed by atoms with Crippen LogP contribution >= 0.6 is 0 Å². The van der Waals surface area contributed by atoms with E-state index in [1.165, 1.54) is 4.31 Å². The Hall–Kier alpha value is -1.44. The van der Waals surface area contributed by atoms with Gasteiger partial charge in [-0.1, -0.05) is 26.0 Å². The van der Waals surface area contributed by atoms with E-state index in [1.54, 1.807) is 12.1 Å². The zero-order valence-corrected chi connectivity index (χ0v) is 15.9. The summed E-state index contributed by atoms with van der Waals surface area (Å²) in [5.41, 5.74) is 6.53. The molecule has 1 aliphatic heterocycles. The first kappa shape index (κ1) is 19.9. The van der Waals surface area contributed by atoms with Crippen molar-refractivity contribution in [2.45, 2.75) is 43.9 Å². The van der Waals surface area contributed by atoms with Gasteiger partial charge in [-0.15, -0.1) is 0 Å². The van der Waals surface area contributed by atoms with Crippen LogP contribution in [0.1, 0.15) is 44.6 Å². The van der Waals surface area contributed by atoms with Crippen LogP contribution in [0.15, 0.2) is 29.2 Å². The molecule has 1 fully saturated rings. The molecule has 0 bridgehead atoms. The molecule has 0 atom stereocenters. The Morgan fingerprint density at radius 1 is 1.24 bits per heavy atom. The third kappa shape index (κ3) is 5.03. The number of rotatable bonds is 7. The molecule has 0 radical (unpaired) electrons. The third-order valence-electron chi connectivity index (χ3n) is 4.69. The van der Waals surface area contributed by atoms with Crippen molar-refractivity contribution in [3.63, 3.8) is 0 Å². The molecule has 1 aliphatic rings. The molecule has 1 amide bonds. The summed E-state index contributed by atoms with van der Waals surface area (Å²) in [7, 11) is -3.49. The molecule has 25 heavy (non-hydrogen) atoms. The lowest BCUT2D eigenvalue weighted by molar-refractivity contribution is -0.126. The summed E-state index contributed by atoms with van der Waals surface area (Å²) in [5, 5.41) is 2.87. The van der Waals surface area contributed by atoms with E-state index in [9.17, 15) is 13.2 Å². The summed E-state index contributed by atoms with van der Waals surface area (Å²) in [6, 6.07) is 7.09. The van der Waals surface area contributed by atoms with Gasteiger partial charge in [0.2, 0.25) is 15.9 Å². The number of benzene rings is 1. The molecule has 0 saturated carbocycles. The van der Waals surface area contributed by atoms with Gasteiger partial charge in [0.15, 0.2) is 0 Å². The number of nitrogens with zero attached hydrogens (tertiary/aromatic N) is 1. The number of hydrogen-bond donors (Lipinski definition) is 2. The van der Waals surface area contributed by atoms with Crippen LogP contribution in [0.3, 0.4) is 0 Å². The summed E-state index contributed by atoms with van der Waals surface area (Å²) in [6.07, 6.45) is 1.86. The first-order valence-electron chi connectivity index (χ1n) is 8.94. The quantitative estimate of drug-likeness (QED) is 0.717. The van der Waals surface area contributed by atoms with Gasteiger partial charge in [-0.25, -0.2) is 8.42 Å². The summed E-state index contributed by atoms with van der Waals surface area (Å²) in [5.74, 6) is 0.254. The molecule has 2 rings (SSSR count). The summed E-state index contributed by atoms with van der Waals surface area (Å²) < 4.78 is 27.0. The Morgan fingerprint density at radius 2 is 1.84 bits per heavy atom. The van der Waals surface area contributed by atoms with Gasteiger partial charge in [0.1, 0.15) is 0 Å². The van der Waals surface area contributed by atoms with Gasteiger partial charge < -0.3 is 11.1 Å². The summed E-state index contributed by atoms with van der Waals surface area (Å²) in [4.78, 5) is 12.4. The van der Waals surface area contributed by atoms with Crippen LogP contribution in [0.2, 0.25) is 0 Å². The molecule has 6 nitrogen and oxygen atoms in total. The molecule has 140 valence electrons. The highest BCUT2D eigenvalue weighted by Gasteiger charge is 2.31. The molecule has 1 heterocycles. The zero-order valence-electron chi connectivity index (χ0n) is 15.1. The third-order valence-corrected chi connectivity index (χ3v) is 6.60. The van der Waals surface area contributed by atoms with Crippen molar-refractivity contribution >= 4 is 15.9 Å². The van der Waals surface area contributed by atoms with Crippen LogP contribution in [-0.2, 0) is 14.8 Å². The lowest BCUT2D eigenvalue weighted by atomic mass is 9.97. The predicted octanol–water partition coefficient (Wildman–Crippen LogP) is 1.68. The number of hydrogen-bond acceptors (Lipinski definition) is 4. The van der Waals surface area contributed by atoms with Crippen molar-refractivity contribution in [1.82, 2.24) is 9.62 Å². The van der Waals surface area contributed by atoms with Crippen molar-refractivity contribution in [2.24, 2.45) is 11.7 Å². The molecule has 0 unspecified atom stereocenters. The van der Waals surface area contributed by atoms with E-state index in [0.717, 1.165) is 12.0 Å². The second-order valence-corrected chi connectivity index (χ2v) is 8.77. The number of carbonyl (C=O) groups excluding carboxylic acids is 1. The topological polar surface area (TPSA) is 92.5 Å². The van der Waals surface area contributed by atoms with Crippen LogP contribution in [0, 0.1) is 5.92 Å². The van der Waals surface area contributed by atoms with Crippen LogP contribution < -0.4 is 11.1 Å². The van der Waals surface area contributed by atoms with Gasteiger partial charge in [-0.3, -0.25) is 4.79 Å². The molecular formula is C18H29N3O3S. The van der Waals surface area contributed by atoms with Gasteiger partial charge >= 0.3 is 0 Å². The van der Waals surface area contributed by atoms with Crippen molar-refractivity contribution in [3.8, 4) is 0 Å². The minimum absolute atomic E-state index is 0.00628. The number of nitrogens with one attached hydrogen (secondary N) is 1. The Morgan fingerprint density at radius 3 is 2.36 bits per heavy atom. The van der Waals surface area contributed by atoms with E-state index in [2.05, 4.69) is 19.2 Å². The fraction of sp³-hybridized carbons (Fsp3) is 0.611. The molecule has 1 aromatic rings. The fourth-order valence-corrected chi connectivity index (χ4v) is 4.46. The van der Waals surface area contributed by atoms with Gasteiger partial charge in [-0.05, 0) is 49.4 Å². The van der Waals surface area contributed by atoms with Crippen LogP contribution in [0.5, 0.6) is 0 Å². The summed E-state index contributed by atoms with van der Waals surface area (Å²) in [6.45, 7) is 6.04. The van der Waals surface area contributed by atoms with Gasteiger partial charge in [0.05, 0.1) is 4.90 Å². The molecule has 0 spiro atoms. The maximum Gasteiger partial charge on any atom is 0.243 e. The minimum Gasteiger partial charge on any atom is -0.356 e. The Labute approximate surface area is 150 Å². The van der Waals surface area contributed by atoms with Crippen molar-refractivity contribution in [1.29, 1.82) is 0 Å². The van der Waals surface area contributed by atoms with Crippen molar-refractivity contribution < 1.29 is 13.2 Å². The number of amides is 1. The largest absolute Gasteiger partial charge is 0.356 e. The van der Waals surface area contributed by atoms with E-state index in [4.69, 9.17) is 5.73 Å². The molecule has 1 aromatic carbocycles. The van der Waals surface area contributed by atoms with Crippen molar-refractivity contribution in [2.75, 3.05) is 26.2 Å². The number of carbonyl (C=O) groups is 1. The summed E-state index contributed by atoms with van der Waals surface area (Å²) >= 11 is 0. The zero-order chi connectivity index (χ0) is 18.4. The normalized spacial score (nSPS) is 17.0. The first-order valence-corrected chi connectivity index (χ1v) is 10.4. The van der Waals surface area contributed by atoms with E-state index in [1.807, 2.05) is 12.1 Å². The second kappa shape index (κ2) is 8.78. The average molecular weight is 368 g/mol. The highest BCUT2D eigenvalue weighted by atomic mass is 32.2. The Bertz CT molecular complexity index is 663. The van der Waals surface area contributed by atoms with E-state index >= 15 is 0 Å². The Balaban J connectivity index is 1.95. The molecule has 7 heteroatoms. The maximum absolute atomic E-state index is 12.8. The molecule has 0 aromatic heterocycles. The van der Waals surface area contributed by atoms with Crippen LogP contribution in [-0.4, -0.2) is 44.8 Å². The Kier molecular flexibility index (Phi) is 6.98. The van der Waals surface area contributed by atoms with Crippen LogP contribution in [0.4, 0.5) is 0 Å². The number of sulfonamides is 1. The number of nitrogens with two attached hydrogens (primary N) is 1. The van der Waals surface area contributed by atoms with E-state index in [0.29, 0.717) is 49.8 Å². The highest BCUT2D eigenvalue weighted by molar-refractivity contribution is 7.89. The van der Waals surface area contributed by atoms with Gasteiger partial charge in [0.25, 0.3) is 0 Å². The van der Waals surface area contributed by atoms with Gasteiger partial charge in [0, 0.05) is 25.6 Å². The minimum atomic E-state index is -3.49. The monoisotopic (exact) mass is 367 g/mol. The number of piperidine rings is 1.